The van der Waals surface area contributed by atoms with Gasteiger partial charge in [-0.05, 0) is 26.7 Å². The van der Waals surface area contributed by atoms with Crippen molar-refractivity contribution < 1.29 is 9.53 Å². The van der Waals surface area contributed by atoms with Crippen LogP contribution in [-0.4, -0.2) is 17.5 Å². The smallest absolute Gasteiger partial charge is 0.161 e. The molecular weight excluding hydrogens is 140 g/mol. The number of ether oxygens (including phenoxy) is 1. The number of carbonyl (C=O) groups excluding carboxylic acids is 1. The van der Waals surface area contributed by atoms with E-state index < -0.39 is 0 Å². The minimum atomic E-state index is -0.181. The summed E-state index contributed by atoms with van der Waals surface area (Å²) in [7, 11) is 0. The number of epoxide rings is 1. The van der Waals surface area contributed by atoms with Crippen LogP contribution in [0, 0.1) is 0 Å². The van der Waals surface area contributed by atoms with Crippen molar-refractivity contribution in [3.05, 3.63) is 12.7 Å². The molecule has 0 aromatic rings. The maximum absolute atomic E-state index is 10.8. The molecule has 1 saturated heterocycles. The molecule has 1 fully saturated rings. The molecule has 0 saturated carbocycles. The average molecular weight is 154 g/mol. The van der Waals surface area contributed by atoms with Gasteiger partial charge in [-0.2, -0.15) is 0 Å². The summed E-state index contributed by atoms with van der Waals surface area (Å²) in [5.74, 6) is 0.136. The molecule has 0 aromatic carbocycles. The van der Waals surface area contributed by atoms with Gasteiger partial charge in [0.05, 0.1) is 0 Å². The zero-order valence-corrected chi connectivity index (χ0v) is 7.09. The zero-order chi connectivity index (χ0) is 8.48. The van der Waals surface area contributed by atoms with E-state index in [1.807, 2.05) is 13.0 Å². The van der Waals surface area contributed by atoms with E-state index in [-0.39, 0.29) is 17.5 Å². The van der Waals surface area contributed by atoms with Crippen LogP contribution in [0.15, 0.2) is 12.7 Å². The predicted molar refractivity (Wildman–Crippen MR) is 43.4 cm³/mol. The molecule has 1 heterocycles. The highest BCUT2D eigenvalue weighted by atomic mass is 16.6. The fraction of sp³-hybridized carbons (Fsp3) is 0.667. The van der Waals surface area contributed by atoms with Gasteiger partial charge in [-0.15, -0.1) is 6.58 Å². The van der Waals surface area contributed by atoms with Gasteiger partial charge in [0.15, 0.2) is 5.78 Å². The molecule has 0 bridgehead atoms. The Bertz CT molecular complexity index is 186. The molecule has 0 amide bonds. The van der Waals surface area contributed by atoms with E-state index in [2.05, 4.69) is 6.58 Å². The molecular formula is C9H14O2. The van der Waals surface area contributed by atoms with Crippen LogP contribution in [0.4, 0.5) is 0 Å². The van der Waals surface area contributed by atoms with Crippen molar-refractivity contribution in [2.45, 2.75) is 38.4 Å². The Morgan fingerprint density at radius 2 is 2.45 bits per heavy atom. The quantitative estimate of drug-likeness (QED) is 0.455. The summed E-state index contributed by atoms with van der Waals surface area (Å²) in [6.45, 7) is 7.17. The minimum absolute atomic E-state index is 0.136. The second-order valence-corrected chi connectivity index (χ2v) is 3.25. The molecule has 0 aromatic heterocycles. The Morgan fingerprint density at radius 1 is 1.82 bits per heavy atom. The van der Waals surface area contributed by atoms with E-state index >= 15 is 0 Å². The van der Waals surface area contributed by atoms with Crippen LogP contribution >= 0.6 is 0 Å². The van der Waals surface area contributed by atoms with E-state index in [1.165, 1.54) is 0 Å². The van der Waals surface area contributed by atoms with Crippen LogP contribution in [0.5, 0.6) is 0 Å². The number of hydrogen-bond donors (Lipinski definition) is 0. The number of hydrogen-bond acceptors (Lipinski definition) is 2. The van der Waals surface area contributed by atoms with Gasteiger partial charge >= 0.3 is 0 Å². The van der Waals surface area contributed by atoms with Crippen LogP contribution in [0.2, 0.25) is 0 Å². The second-order valence-electron chi connectivity index (χ2n) is 3.25. The molecule has 1 aliphatic rings. The SMILES string of the molecule is C=CCC[C@]1(C)OC1C(C)=O. The third kappa shape index (κ3) is 1.69. The van der Waals surface area contributed by atoms with Crippen molar-refractivity contribution in [3.63, 3.8) is 0 Å². The monoisotopic (exact) mass is 154 g/mol. The summed E-state index contributed by atoms with van der Waals surface area (Å²) in [5.41, 5.74) is -0.181. The average Bonchev–Trinajstić information content (AvgIpc) is 2.60. The van der Waals surface area contributed by atoms with Crippen molar-refractivity contribution in [2.75, 3.05) is 0 Å². The van der Waals surface area contributed by atoms with Crippen molar-refractivity contribution in [1.82, 2.24) is 0 Å². The lowest BCUT2D eigenvalue weighted by molar-refractivity contribution is -0.118. The molecule has 2 heteroatoms. The molecule has 1 rings (SSSR count). The lowest BCUT2D eigenvalue weighted by Crippen LogP contribution is -2.14. The number of rotatable bonds is 4. The highest BCUT2D eigenvalue weighted by Gasteiger charge is 2.54. The highest BCUT2D eigenvalue weighted by molar-refractivity contribution is 5.84. The number of carbonyl (C=O) groups is 1. The van der Waals surface area contributed by atoms with Crippen molar-refractivity contribution in [1.29, 1.82) is 0 Å². The topological polar surface area (TPSA) is 29.6 Å². The summed E-state index contributed by atoms with van der Waals surface area (Å²) in [6, 6.07) is 0. The largest absolute Gasteiger partial charge is 0.358 e. The first kappa shape index (κ1) is 8.47. The van der Waals surface area contributed by atoms with Crippen LogP contribution in [0.3, 0.4) is 0 Å². The van der Waals surface area contributed by atoms with Gasteiger partial charge in [-0.1, -0.05) is 6.08 Å². The Labute approximate surface area is 67.2 Å². The second kappa shape index (κ2) is 2.78. The van der Waals surface area contributed by atoms with Crippen LogP contribution in [0.1, 0.15) is 26.7 Å². The molecule has 0 radical (unpaired) electrons. The van der Waals surface area contributed by atoms with E-state index in [0.29, 0.717) is 0 Å². The van der Waals surface area contributed by atoms with Crippen molar-refractivity contribution in [2.24, 2.45) is 0 Å². The number of ketones is 1. The normalized spacial score (nSPS) is 34.9. The summed E-state index contributed by atoms with van der Waals surface area (Å²) < 4.78 is 5.27. The lowest BCUT2D eigenvalue weighted by Gasteiger charge is -2.00. The maximum atomic E-state index is 10.8. The summed E-state index contributed by atoms with van der Waals surface area (Å²) in [5, 5.41) is 0. The van der Waals surface area contributed by atoms with Crippen molar-refractivity contribution >= 4 is 5.78 Å². The first-order chi connectivity index (χ1) is 5.10. The van der Waals surface area contributed by atoms with E-state index in [0.717, 1.165) is 12.8 Å². The molecule has 1 unspecified atom stereocenters. The number of Topliss-reactive ketones (excluding diaryl/α,β-unsaturated/α-hetero) is 1. The van der Waals surface area contributed by atoms with Gasteiger partial charge in [0.1, 0.15) is 11.7 Å². The van der Waals surface area contributed by atoms with Crippen LogP contribution in [-0.2, 0) is 9.53 Å². The third-order valence-electron chi connectivity index (χ3n) is 2.10. The van der Waals surface area contributed by atoms with E-state index in [4.69, 9.17) is 4.74 Å². The molecule has 0 aliphatic carbocycles. The fourth-order valence-electron chi connectivity index (χ4n) is 1.33. The highest BCUT2D eigenvalue weighted by Crippen LogP contribution is 2.40. The minimum Gasteiger partial charge on any atom is -0.358 e. The van der Waals surface area contributed by atoms with E-state index in [1.54, 1.807) is 6.92 Å². The molecule has 62 valence electrons. The van der Waals surface area contributed by atoms with Gasteiger partial charge in [0.25, 0.3) is 0 Å². The van der Waals surface area contributed by atoms with Gasteiger partial charge in [-0.3, -0.25) is 4.79 Å². The standard InChI is InChI=1S/C9H14O2/c1-4-5-6-9(3)8(11-9)7(2)10/h4,8H,1,5-6H2,2-3H3/t8?,9-/m0/s1. The van der Waals surface area contributed by atoms with Gasteiger partial charge < -0.3 is 4.74 Å². The summed E-state index contributed by atoms with van der Waals surface area (Å²) in [4.78, 5) is 10.8. The zero-order valence-electron chi connectivity index (χ0n) is 7.09. The van der Waals surface area contributed by atoms with Crippen molar-refractivity contribution in [3.8, 4) is 0 Å². The molecule has 1 aliphatic heterocycles. The Hall–Kier alpha value is -0.630. The lowest BCUT2D eigenvalue weighted by atomic mass is 10.00. The molecule has 11 heavy (non-hydrogen) atoms. The van der Waals surface area contributed by atoms with Gasteiger partial charge in [0.2, 0.25) is 0 Å². The fourth-order valence-corrected chi connectivity index (χ4v) is 1.33. The first-order valence-corrected chi connectivity index (χ1v) is 3.89. The van der Waals surface area contributed by atoms with E-state index in [9.17, 15) is 4.79 Å². The molecule has 2 nitrogen and oxygen atoms in total. The maximum Gasteiger partial charge on any atom is 0.161 e. The van der Waals surface area contributed by atoms with Gasteiger partial charge in [0, 0.05) is 0 Å². The summed E-state index contributed by atoms with van der Waals surface area (Å²) >= 11 is 0. The molecule has 0 N–H and O–H groups in total. The molecule has 0 spiro atoms. The Kier molecular flexibility index (Phi) is 2.14. The Balaban J connectivity index is 2.36. The van der Waals surface area contributed by atoms with Crippen LogP contribution < -0.4 is 0 Å². The molecule has 2 atom stereocenters. The van der Waals surface area contributed by atoms with Gasteiger partial charge in [-0.25, -0.2) is 0 Å². The number of allylic oxidation sites excluding steroid dienone is 1. The third-order valence-corrected chi connectivity index (χ3v) is 2.10. The Morgan fingerprint density at radius 3 is 2.82 bits per heavy atom. The summed E-state index contributed by atoms with van der Waals surface area (Å²) in [6.07, 6.45) is 3.52. The first-order valence-electron chi connectivity index (χ1n) is 3.89. The predicted octanol–water partition coefficient (Wildman–Crippen LogP) is 1.70. The van der Waals surface area contributed by atoms with Crippen LogP contribution in [0.25, 0.3) is 0 Å².